The van der Waals surface area contributed by atoms with Crippen molar-refractivity contribution in [2.75, 3.05) is 7.11 Å². The third-order valence-electron chi connectivity index (χ3n) is 3.87. The van der Waals surface area contributed by atoms with Gasteiger partial charge in [0.05, 0.1) is 24.6 Å². The second-order valence-corrected chi connectivity index (χ2v) is 5.81. The summed E-state index contributed by atoms with van der Waals surface area (Å²) in [7, 11) is 1.29. The highest BCUT2D eigenvalue weighted by atomic mass is 16.5. The van der Waals surface area contributed by atoms with Gasteiger partial charge in [0.2, 0.25) is 0 Å². The van der Waals surface area contributed by atoms with Gasteiger partial charge < -0.3 is 9.47 Å². The molecule has 0 spiro atoms. The molecule has 0 unspecified atom stereocenters. The molecule has 0 aliphatic rings. The maximum atomic E-state index is 12.4. The first kappa shape index (κ1) is 18.2. The Kier molecular flexibility index (Phi) is 5.25. The van der Waals surface area contributed by atoms with Crippen molar-refractivity contribution in [1.29, 1.82) is 0 Å². The van der Waals surface area contributed by atoms with Crippen LogP contribution < -0.4 is 0 Å². The Labute approximate surface area is 154 Å². The third-order valence-corrected chi connectivity index (χ3v) is 3.87. The normalized spacial score (nSPS) is 11.8. The summed E-state index contributed by atoms with van der Waals surface area (Å²) in [6.07, 6.45) is 3.93. The number of nitrogens with zero attached hydrogens (tertiary/aromatic N) is 6. The van der Waals surface area contributed by atoms with Crippen LogP contribution in [-0.2, 0) is 20.8 Å². The molecule has 10 nitrogen and oxygen atoms in total. The number of rotatable bonds is 6. The van der Waals surface area contributed by atoms with E-state index >= 15 is 0 Å². The summed E-state index contributed by atoms with van der Waals surface area (Å²) in [6.45, 7) is 3.49. The number of ether oxygens (including phenoxy) is 2. The van der Waals surface area contributed by atoms with Gasteiger partial charge >= 0.3 is 11.9 Å². The third kappa shape index (κ3) is 4.17. The Balaban J connectivity index is 1.68. The molecule has 0 aliphatic carbocycles. The lowest BCUT2D eigenvalue weighted by molar-refractivity contribution is -0.141. The monoisotopic (exact) mass is 370 g/mol. The SMILES string of the molecule is COC(=O)Cn1cc([C@H](C)OC(=O)c2ccc(-n3cncn3)c(C)c2)nn1. The maximum Gasteiger partial charge on any atom is 0.338 e. The lowest BCUT2D eigenvalue weighted by atomic mass is 10.1. The predicted octanol–water partition coefficient (Wildman–Crippen LogP) is 1.26. The van der Waals surface area contributed by atoms with Crippen LogP contribution in [0.4, 0.5) is 0 Å². The Morgan fingerprint density at radius 1 is 1.30 bits per heavy atom. The molecule has 2 heterocycles. The van der Waals surface area contributed by atoms with E-state index in [4.69, 9.17) is 4.74 Å². The zero-order valence-corrected chi connectivity index (χ0v) is 15.1. The van der Waals surface area contributed by atoms with Crippen molar-refractivity contribution in [1.82, 2.24) is 29.8 Å². The van der Waals surface area contributed by atoms with Gasteiger partial charge in [-0.05, 0) is 37.6 Å². The molecule has 10 heteroatoms. The Bertz CT molecular complexity index is 950. The molecule has 0 saturated heterocycles. The largest absolute Gasteiger partial charge is 0.468 e. The van der Waals surface area contributed by atoms with Crippen LogP contribution in [0.25, 0.3) is 5.69 Å². The average molecular weight is 370 g/mol. The molecule has 0 bridgehead atoms. The highest BCUT2D eigenvalue weighted by Gasteiger charge is 2.18. The highest BCUT2D eigenvalue weighted by molar-refractivity contribution is 5.90. The second kappa shape index (κ2) is 7.77. The van der Waals surface area contributed by atoms with Crippen LogP contribution in [0.1, 0.15) is 34.6 Å². The summed E-state index contributed by atoms with van der Waals surface area (Å²) < 4.78 is 13.0. The topological polar surface area (TPSA) is 114 Å². The first-order chi connectivity index (χ1) is 13.0. The van der Waals surface area contributed by atoms with Crippen LogP contribution in [0.15, 0.2) is 37.1 Å². The lowest BCUT2D eigenvalue weighted by Gasteiger charge is -2.12. The van der Waals surface area contributed by atoms with E-state index in [1.165, 1.54) is 24.3 Å². The minimum absolute atomic E-state index is 0.0624. The first-order valence-electron chi connectivity index (χ1n) is 8.11. The fourth-order valence-electron chi connectivity index (χ4n) is 2.43. The molecule has 2 aromatic heterocycles. The molecule has 0 N–H and O–H groups in total. The molecule has 140 valence electrons. The minimum atomic E-state index is -0.626. The summed E-state index contributed by atoms with van der Waals surface area (Å²) in [5, 5.41) is 11.8. The first-order valence-corrected chi connectivity index (χ1v) is 8.11. The number of esters is 2. The molecule has 1 atom stereocenters. The van der Waals surface area contributed by atoms with E-state index in [1.807, 2.05) is 6.92 Å². The van der Waals surface area contributed by atoms with Crippen LogP contribution in [0.3, 0.4) is 0 Å². The van der Waals surface area contributed by atoms with Crippen LogP contribution in [0.2, 0.25) is 0 Å². The summed E-state index contributed by atoms with van der Waals surface area (Å²) in [5.74, 6) is -0.933. The molecule has 3 aromatic rings. The number of carbonyl (C=O) groups is 2. The molecule has 0 amide bonds. The number of methoxy groups -OCH3 is 1. The fraction of sp³-hybridized carbons (Fsp3) is 0.294. The van der Waals surface area contributed by atoms with E-state index in [2.05, 4.69) is 25.1 Å². The van der Waals surface area contributed by atoms with E-state index < -0.39 is 18.0 Å². The Hall–Kier alpha value is -3.56. The van der Waals surface area contributed by atoms with Gasteiger partial charge in [-0.1, -0.05) is 5.21 Å². The zero-order valence-electron chi connectivity index (χ0n) is 15.1. The molecule has 1 aromatic carbocycles. The fourth-order valence-corrected chi connectivity index (χ4v) is 2.43. The maximum absolute atomic E-state index is 12.4. The van der Waals surface area contributed by atoms with Gasteiger partial charge in [0, 0.05) is 0 Å². The molecular weight excluding hydrogens is 352 g/mol. The van der Waals surface area contributed by atoms with E-state index in [-0.39, 0.29) is 6.54 Å². The van der Waals surface area contributed by atoms with Crippen molar-refractivity contribution < 1.29 is 19.1 Å². The highest BCUT2D eigenvalue weighted by Crippen LogP contribution is 2.19. The molecule has 27 heavy (non-hydrogen) atoms. The smallest absolute Gasteiger partial charge is 0.338 e. The van der Waals surface area contributed by atoms with Crippen molar-refractivity contribution in [3.05, 3.63) is 53.9 Å². The van der Waals surface area contributed by atoms with Gasteiger partial charge in [-0.15, -0.1) is 5.10 Å². The van der Waals surface area contributed by atoms with Crippen molar-refractivity contribution in [2.45, 2.75) is 26.5 Å². The summed E-state index contributed by atoms with van der Waals surface area (Å²) in [6, 6.07) is 5.16. The van der Waals surface area contributed by atoms with E-state index in [0.29, 0.717) is 11.3 Å². The number of hydrogen-bond acceptors (Lipinski definition) is 8. The standard InChI is InChI=1S/C17H18N6O4/c1-11-6-13(4-5-15(11)23-10-18-9-19-23)17(25)27-12(2)14-7-22(21-20-14)8-16(24)26-3/h4-7,9-10,12H,8H2,1-3H3/t12-/m0/s1. The van der Waals surface area contributed by atoms with Crippen LogP contribution in [0.5, 0.6) is 0 Å². The number of aromatic nitrogens is 6. The van der Waals surface area contributed by atoms with Gasteiger partial charge in [0.1, 0.15) is 31.0 Å². The van der Waals surface area contributed by atoms with Gasteiger partial charge in [0.15, 0.2) is 0 Å². The number of benzene rings is 1. The molecule has 0 saturated carbocycles. The Morgan fingerprint density at radius 2 is 2.11 bits per heavy atom. The van der Waals surface area contributed by atoms with Crippen molar-refractivity contribution in [2.24, 2.45) is 0 Å². The van der Waals surface area contributed by atoms with E-state index in [1.54, 1.807) is 36.1 Å². The average Bonchev–Trinajstić information content (AvgIpc) is 3.33. The van der Waals surface area contributed by atoms with Crippen LogP contribution in [0, 0.1) is 6.92 Å². The van der Waals surface area contributed by atoms with Gasteiger partial charge in [0.25, 0.3) is 0 Å². The van der Waals surface area contributed by atoms with Crippen LogP contribution >= 0.6 is 0 Å². The predicted molar refractivity (Wildman–Crippen MR) is 92.0 cm³/mol. The molecular formula is C17H18N6O4. The van der Waals surface area contributed by atoms with Crippen molar-refractivity contribution in [3.63, 3.8) is 0 Å². The van der Waals surface area contributed by atoms with Gasteiger partial charge in [-0.2, -0.15) is 5.10 Å². The number of carbonyl (C=O) groups excluding carboxylic acids is 2. The molecule has 3 rings (SSSR count). The molecule has 0 radical (unpaired) electrons. The molecule has 0 aliphatic heterocycles. The van der Waals surface area contributed by atoms with E-state index in [9.17, 15) is 9.59 Å². The summed E-state index contributed by atoms with van der Waals surface area (Å²) in [5.41, 5.74) is 2.52. The second-order valence-electron chi connectivity index (χ2n) is 5.81. The number of hydrogen-bond donors (Lipinski definition) is 0. The number of aryl methyl sites for hydroxylation is 1. The van der Waals surface area contributed by atoms with Crippen molar-refractivity contribution in [3.8, 4) is 5.69 Å². The van der Waals surface area contributed by atoms with Gasteiger partial charge in [-0.25, -0.2) is 19.1 Å². The minimum Gasteiger partial charge on any atom is -0.468 e. The quantitative estimate of drug-likeness (QED) is 0.596. The van der Waals surface area contributed by atoms with E-state index in [0.717, 1.165) is 11.3 Å². The Morgan fingerprint density at radius 3 is 2.78 bits per heavy atom. The summed E-state index contributed by atoms with van der Waals surface area (Å²) in [4.78, 5) is 27.6. The van der Waals surface area contributed by atoms with Crippen LogP contribution in [-0.4, -0.2) is 48.8 Å². The molecule has 0 fully saturated rings. The zero-order chi connectivity index (χ0) is 19.4. The van der Waals surface area contributed by atoms with Gasteiger partial charge in [-0.3, -0.25) is 4.79 Å². The lowest BCUT2D eigenvalue weighted by Crippen LogP contribution is -2.12. The van der Waals surface area contributed by atoms with Crippen molar-refractivity contribution >= 4 is 11.9 Å². The summed E-state index contributed by atoms with van der Waals surface area (Å²) >= 11 is 0.